The maximum Gasteiger partial charge on any atom is 0.245 e. The zero-order valence-electron chi connectivity index (χ0n) is 15.1. The summed E-state index contributed by atoms with van der Waals surface area (Å²) >= 11 is 0. The number of H-pyrrole nitrogens is 2. The van der Waals surface area contributed by atoms with Gasteiger partial charge in [0, 0.05) is 46.6 Å². The Kier molecular flexibility index (Phi) is 3.44. The lowest BCUT2D eigenvalue weighted by Gasteiger charge is -2.39. The van der Waals surface area contributed by atoms with Crippen LogP contribution in [0, 0.1) is 6.92 Å². The molecule has 0 bridgehead atoms. The quantitative estimate of drug-likeness (QED) is 0.542. The highest BCUT2D eigenvalue weighted by Gasteiger charge is 2.30. The molecule has 0 radical (unpaired) electrons. The second kappa shape index (κ2) is 5.84. The Hall–Kier alpha value is -3.34. The molecular weight excluding hydrogens is 336 g/mol. The number of aromatic amines is 2. The highest BCUT2D eigenvalue weighted by atomic mass is 16.2. The largest absolute Gasteiger partial charge is 0.354 e. The summed E-state index contributed by atoms with van der Waals surface area (Å²) in [5.74, 6) is 0.405. The van der Waals surface area contributed by atoms with E-state index in [0.717, 1.165) is 35.2 Å². The van der Waals surface area contributed by atoms with Crippen molar-refractivity contribution < 1.29 is 4.79 Å². The molecule has 1 saturated heterocycles. The maximum absolute atomic E-state index is 11.7. The second-order valence-corrected chi connectivity index (χ2v) is 7.26. The highest BCUT2D eigenvalue weighted by Crippen LogP contribution is 2.34. The van der Waals surface area contributed by atoms with Gasteiger partial charge in [-0.05, 0) is 42.3 Å². The number of nitrogens with zero attached hydrogens (tertiary/aromatic N) is 2. The minimum absolute atomic E-state index is 0.0122. The van der Waals surface area contributed by atoms with Crippen molar-refractivity contribution >= 4 is 27.7 Å². The van der Waals surface area contributed by atoms with Gasteiger partial charge >= 0.3 is 0 Å². The molecule has 0 atom stereocenters. The minimum atomic E-state index is 0.0122. The minimum Gasteiger partial charge on any atom is -0.354 e. The molecule has 0 aliphatic carbocycles. The fraction of sp³-hybridized carbons (Fsp3) is 0.182. The Labute approximate surface area is 156 Å². The smallest absolute Gasteiger partial charge is 0.245 e. The first-order valence-corrected chi connectivity index (χ1v) is 9.11. The van der Waals surface area contributed by atoms with Gasteiger partial charge in [0.25, 0.3) is 0 Å². The third-order valence-electron chi connectivity index (χ3n) is 5.59. The molecule has 1 aliphatic rings. The molecule has 1 aliphatic heterocycles. The number of carbonyl (C=O) groups excluding carboxylic acids is 1. The van der Waals surface area contributed by atoms with E-state index in [4.69, 9.17) is 0 Å². The zero-order valence-corrected chi connectivity index (χ0v) is 15.1. The number of aryl methyl sites for hydroxylation is 1. The first kappa shape index (κ1) is 15.9. The average molecular weight is 356 g/mol. The van der Waals surface area contributed by atoms with Crippen molar-refractivity contribution in [2.24, 2.45) is 0 Å². The zero-order chi connectivity index (χ0) is 18.5. The summed E-state index contributed by atoms with van der Waals surface area (Å²) in [6, 6.07) is 12.9. The van der Waals surface area contributed by atoms with E-state index in [2.05, 4.69) is 65.1 Å². The van der Waals surface area contributed by atoms with Crippen LogP contribution in [0.1, 0.15) is 17.0 Å². The van der Waals surface area contributed by atoms with Crippen molar-refractivity contribution in [2.75, 3.05) is 13.1 Å². The summed E-state index contributed by atoms with van der Waals surface area (Å²) in [6.07, 6.45) is 3.27. The molecule has 0 spiro atoms. The molecule has 27 heavy (non-hydrogen) atoms. The molecule has 5 nitrogen and oxygen atoms in total. The average Bonchev–Trinajstić information content (AvgIpc) is 3.26. The Balaban J connectivity index is 1.51. The van der Waals surface area contributed by atoms with Gasteiger partial charge in [0.1, 0.15) is 0 Å². The Morgan fingerprint density at radius 3 is 2.89 bits per heavy atom. The lowest BCUT2D eigenvalue weighted by atomic mass is 9.91. The van der Waals surface area contributed by atoms with Crippen LogP contribution in [-0.2, 0) is 4.79 Å². The molecule has 4 aromatic rings. The number of hydrogen-bond acceptors (Lipinski definition) is 2. The number of hydrogen-bond donors (Lipinski definition) is 2. The molecule has 0 saturated carbocycles. The van der Waals surface area contributed by atoms with E-state index >= 15 is 0 Å². The third kappa shape index (κ3) is 2.46. The molecule has 5 heteroatoms. The molecule has 1 fully saturated rings. The molecule has 2 N–H and O–H groups in total. The lowest BCUT2D eigenvalue weighted by molar-refractivity contribution is -0.130. The number of amides is 1. The first-order valence-electron chi connectivity index (χ1n) is 9.11. The van der Waals surface area contributed by atoms with E-state index in [1.54, 1.807) is 0 Å². The van der Waals surface area contributed by atoms with E-state index in [1.165, 1.54) is 28.2 Å². The summed E-state index contributed by atoms with van der Waals surface area (Å²) in [6.45, 7) is 7.20. The molecule has 5 rings (SSSR count). The van der Waals surface area contributed by atoms with E-state index in [0.29, 0.717) is 5.92 Å². The molecular formula is C22H20N4O. The number of aromatic nitrogens is 3. The molecule has 134 valence electrons. The Morgan fingerprint density at radius 1 is 1.22 bits per heavy atom. The number of fused-ring (bicyclic) bond motifs is 2. The van der Waals surface area contributed by atoms with Gasteiger partial charge < -0.3 is 9.88 Å². The normalized spacial score (nSPS) is 14.6. The topological polar surface area (TPSA) is 64.8 Å². The fourth-order valence-corrected chi connectivity index (χ4v) is 4.02. The number of carbonyl (C=O) groups is 1. The second-order valence-electron chi connectivity index (χ2n) is 7.26. The fourth-order valence-electron chi connectivity index (χ4n) is 4.02. The van der Waals surface area contributed by atoms with Crippen molar-refractivity contribution in [3.63, 3.8) is 0 Å². The van der Waals surface area contributed by atoms with E-state index in [1.807, 2.05) is 11.1 Å². The number of nitrogens with one attached hydrogen (secondary N) is 2. The van der Waals surface area contributed by atoms with Gasteiger partial charge in [-0.1, -0.05) is 24.8 Å². The SMILES string of the molecule is C=CC(=O)N1CC(c2ccc3cc(-c4c(C)ccc5[nH]ncc45)[nH]c3c2)C1. The van der Waals surface area contributed by atoms with Gasteiger partial charge in [-0.2, -0.15) is 5.10 Å². The Bertz CT molecular complexity index is 1190. The van der Waals surface area contributed by atoms with Crippen LogP contribution in [0.15, 0.2) is 55.3 Å². The van der Waals surface area contributed by atoms with Crippen LogP contribution in [0.2, 0.25) is 0 Å². The van der Waals surface area contributed by atoms with Crippen molar-refractivity contribution in [2.45, 2.75) is 12.8 Å². The van der Waals surface area contributed by atoms with Crippen LogP contribution in [0.3, 0.4) is 0 Å². The molecule has 0 unspecified atom stereocenters. The summed E-state index contributed by atoms with van der Waals surface area (Å²) in [4.78, 5) is 17.1. The van der Waals surface area contributed by atoms with Crippen LogP contribution >= 0.6 is 0 Å². The predicted octanol–water partition coefficient (Wildman–Crippen LogP) is 4.13. The van der Waals surface area contributed by atoms with Crippen LogP contribution in [0.5, 0.6) is 0 Å². The number of rotatable bonds is 3. The third-order valence-corrected chi connectivity index (χ3v) is 5.59. The van der Waals surface area contributed by atoms with Gasteiger partial charge in [-0.25, -0.2) is 0 Å². The molecule has 3 heterocycles. The van der Waals surface area contributed by atoms with Crippen LogP contribution in [-0.4, -0.2) is 39.1 Å². The van der Waals surface area contributed by atoms with E-state index in [-0.39, 0.29) is 5.91 Å². The summed E-state index contributed by atoms with van der Waals surface area (Å²) in [7, 11) is 0. The number of benzene rings is 2. The summed E-state index contributed by atoms with van der Waals surface area (Å²) < 4.78 is 0. The molecule has 1 amide bonds. The van der Waals surface area contributed by atoms with Crippen molar-refractivity contribution in [1.29, 1.82) is 0 Å². The van der Waals surface area contributed by atoms with E-state index < -0.39 is 0 Å². The molecule has 2 aromatic carbocycles. The van der Waals surface area contributed by atoms with Crippen LogP contribution < -0.4 is 0 Å². The summed E-state index contributed by atoms with van der Waals surface area (Å²) in [5.41, 5.74) is 6.93. The van der Waals surface area contributed by atoms with Crippen molar-refractivity contribution in [3.8, 4) is 11.3 Å². The van der Waals surface area contributed by atoms with Crippen LogP contribution in [0.25, 0.3) is 33.1 Å². The first-order chi connectivity index (χ1) is 13.1. The maximum atomic E-state index is 11.7. The molecule has 2 aromatic heterocycles. The highest BCUT2D eigenvalue weighted by molar-refractivity contribution is 5.98. The lowest BCUT2D eigenvalue weighted by Crippen LogP contribution is -2.47. The van der Waals surface area contributed by atoms with Crippen LogP contribution in [0.4, 0.5) is 0 Å². The van der Waals surface area contributed by atoms with Gasteiger partial charge in [0.05, 0.1) is 11.7 Å². The van der Waals surface area contributed by atoms with Gasteiger partial charge in [-0.3, -0.25) is 9.89 Å². The van der Waals surface area contributed by atoms with E-state index in [9.17, 15) is 4.79 Å². The van der Waals surface area contributed by atoms with Crippen molar-refractivity contribution in [1.82, 2.24) is 20.1 Å². The number of likely N-dealkylation sites (tertiary alicyclic amines) is 1. The van der Waals surface area contributed by atoms with Gasteiger partial charge in [0.2, 0.25) is 5.91 Å². The standard InChI is InChI=1S/C22H20N4O/c1-3-21(27)26-11-16(12-26)14-5-6-15-9-20(24-19(15)8-14)22-13(2)4-7-18-17(22)10-23-25-18/h3-10,16,24H,1,11-12H2,2H3,(H,23,25). The van der Waals surface area contributed by atoms with Gasteiger partial charge in [0.15, 0.2) is 0 Å². The van der Waals surface area contributed by atoms with Crippen molar-refractivity contribution in [3.05, 3.63) is 66.4 Å². The monoisotopic (exact) mass is 356 g/mol. The predicted molar refractivity (Wildman–Crippen MR) is 108 cm³/mol. The Morgan fingerprint density at radius 2 is 2.07 bits per heavy atom. The summed E-state index contributed by atoms with van der Waals surface area (Å²) in [5, 5.41) is 9.55. The van der Waals surface area contributed by atoms with Gasteiger partial charge in [-0.15, -0.1) is 0 Å².